The second-order valence-electron chi connectivity index (χ2n) is 7.03. The Morgan fingerprint density at radius 3 is 2.53 bits per heavy atom. The largest absolute Gasteiger partial charge is 0.483 e. The summed E-state index contributed by atoms with van der Waals surface area (Å²) in [5, 5.41) is 4.15. The summed E-state index contributed by atoms with van der Waals surface area (Å²) in [5.74, 6) is 1.13. The molecule has 0 aliphatic carbocycles. The first kappa shape index (κ1) is 20.3. The van der Waals surface area contributed by atoms with Crippen molar-refractivity contribution in [3.8, 4) is 17.1 Å². The third-order valence-electron chi connectivity index (χ3n) is 4.70. The average molecular weight is 440 g/mol. The first-order chi connectivity index (χ1) is 14.4. The molecule has 30 heavy (non-hydrogen) atoms. The van der Waals surface area contributed by atoms with Crippen LogP contribution in [0.15, 0.2) is 54.6 Å². The number of imidazole rings is 1. The zero-order chi connectivity index (χ0) is 21.3. The van der Waals surface area contributed by atoms with Crippen molar-refractivity contribution in [3.63, 3.8) is 0 Å². The molecule has 1 heterocycles. The predicted octanol–water partition coefficient (Wildman–Crippen LogP) is 6.17. The number of amides is 1. The van der Waals surface area contributed by atoms with Crippen LogP contribution in [0.25, 0.3) is 22.4 Å². The van der Waals surface area contributed by atoms with E-state index in [1.165, 1.54) is 0 Å². The molecule has 3 aromatic carbocycles. The molecule has 4 rings (SSSR count). The van der Waals surface area contributed by atoms with Crippen molar-refractivity contribution in [2.75, 3.05) is 11.9 Å². The number of hydrogen-bond donors (Lipinski definition) is 2. The molecule has 0 unspecified atom stereocenters. The van der Waals surface area contributed by atoms with E-state index in [-0.39, 0.29) is 12.5 Å². The summed E-state index contributed by atoms with van der Waals surface area (Å²) < 4.78 is 5.58. The Hall–Kier alpha value is -3.02. The van der Waals surface area contributed by atoms with Gasteiger partial charge in [0.25, 0.3) is 5.91 Å². The number of anilines is 1. The van der Waals surface area contributed by atoms with Gasteiger partial charge in [0.05, 0.1) is 11.0 Å². The van der Waals surface area contributed by atoms with Crippen LogP contribution in [0.1, 0.15) is 11.1 Å². The summed E-state index contributed by atoms with van der Waals surface area (Å²) in [6.07, 6.45) is 0. The lowest BCUT2D eigenvalue weighted by atomic mass is 10.2. The van der Waals surface area contributed by atoms with E-state index in [4.69, 9.17) is 27.9 Å². The smallest absolute Gasteiger partial charge is 0.262 e. The third kappa shape index (κ3) is 4.42. The Morgan fingerprint density at radius 1 is 1.03 bits per heavy atom. The number of fused-ring (bicyclic) bond motifs is 1. The van der Waals surface area contributed by atoms with Crippen molar-refractivity contribution < 1.29 is 9.53 Å². The van der Waals surface area contributed by atoms with Gasteiger partial charge in [-0.3, -0.25) is 4.79 Å². The monoisotopic (exact) mass is 439 g/mol. The van der Waals surface area contributed by atoms with Crippen LogP contribution in [0, 0.1) is 13.8 Å². The first-order valence-electron chi connectivity index (χ1n) is 9.34. The lowest BCUT2D eigenvalue weighted by molar-refractivity contribution is -0.118. The zero-order valence-electron chi connectivity index (χ0n) is 16.4. The van der Waals surface area contributed by atoms with Gasteiger partial charge in [0.2, 0.25) is 0 Å². The normalized spacial score (nSPS) is 10.9. The zero-order valence-corrected chi connectivity index (χ0v) is 17.9. The third-order valence-corrected chi connectivity index (χ3v) is 5.34. The molecule has 0 bridgehead atoms. The summed E-state index contributed by atoms with van der Waals surface area (Å²) in [6.45, 7) is 3.75. The molecule has 4 aromatic rings. The number of aromatic nitrogens is 2. The number of rotatable bonds is 5. The summed E-state index contributed by atoms with van der Waals surface area (Å²) in [7, 11) is 0. The number of hydrogen-bond acceptors (Lipinski definition) is 3. The highest BCUT2D eigenvalue weighted by molar-refractivity contribution is 6.32. The van der Waals surface area contributed by atoms with Gasteiger partial charge >= 0.3 is 0 Å². The van der Waals surface area contributed by atoms with Crippen molar-refractivity contribution in [2.45, 2.75) is 13.8 Å². The van der Waals surface area contributed by atoms with Gasteiger partial charge in [-0.15, -0.1) is 0 Å². The van der Waals surface area contributed by atoms with Crippen molar-refractivity contribution in [2.24, 2.45) is 0 Å². The Labute approximate surface area is 184 Å². The number of H-pyrrole nitrogens is 1. The number of carbonyl (C=O) groups is 1. The van der Waals surface area contributed by atoms with E-state index in [1.807, 2.05) is 50.2 Å². The minimum atomic E-state index is -0.244. The van der Waals surface area contributed by atoms with Gasteiger partial charge in [-0.25, -0.2) is 4.98 Å². The van der Waals surface area contributed by atoms with Crippen LogP contribution in [0.3, 0.4) is 0 Å². The summed E-state index contributed by atoms with van der Waals surface area (Å²) in [6, 6.07) is 16.5. The molecule has 0 saturated heterocycles. The molecule has 0 radical (unpaired) electrons. The Bertz CT molecular complexity index is 1190. The molecule has 2 N–H and O–H groups in total. The van der Waals surface area contributed by atoms with Crippen LogP contribution in [0.2, 0.25) is 10.0 Å². The van der Waals surface area contributed by atoms with Crippen molar-refractivity contribution in [1.29, 1.82) is 0 Å². The van der Waals surface area contributed by atoms with E-state index < -0.39 is 0 Å². The molecule has 1 amide bonds. The number of benzene rings is 3. The van der Waals surface area contributed by atoms with Crippen LogP contribution in [-0.2, 0) is 4.79 Å². The molecule has 0 aliphatic heterocycles. The van der Waals surface area contributed by atoms with Gasteiger partial charge in [0, 0.05) is 21.3 Å². The molecule has 1 aromatic heterocycles. The highest BCUT2D eigenvalue weighted by atomic mass is 35.5. The average Bonchev–Trinajstić information content (AvgIpc) is 3.11. The second kappa shape index (κ2) is 8.38. The number of halogens is 2. The standard InChI is InChI=1S/C23H19Cl2N3O2/c1-13-10-19-20(11-18(13)25)28-23(27-19)15-3-6-17(7-4-15)26-22(29)12-30-21-8-5-16(24)9-14(21)2/h3-11H,12H2,1-2H3,(H,26,29)(H,27,28). The van der Waals surface area contributed by atoms with E-state index in [0.717, 1.165) is 33.5 Å². The summed E-state index contributed by atoms with van der Waals surface area (Å²) in [5.41, 5.74) is 5.20. The molecular weight excluding hydrogens is 421 g/mol. The van der Waals surface area contributed by atoms with E-state index in [9.17, 15) is 4.79 Å². The number of aryl methyl sites for hydroxylation is 2. The van der Waals surface area contributed by atoms with E-state index >= 15 is 0 Å². The number of nitrogens with one attached hydrogen (secondary N) is 2. The van der Waals surface area contributed by atoms with Gasteiger partial charge in [0.1, 0.15) is 11.6 Å². The fourth-order valence-corrected chi connectivity index (χ4v) is 3.49. The quantitative estimate of drug-likeness (QED) is 0.390. The van der Waals surface area contributed by atoms with Gasteiger partial charge < -0.3 is 15.0 Å². The maximum absolute atomic E-state index is 12.2. The van der Waals surface area contributed by atoms with Crippen molar-refractivity contribution in [3.05, 3.63) is 75.8 Å². The van der Waals surface area contributed by atoms with Crippen LogP contribution in [-0.4, -0.2) is 22.5 Å². The highest BCUT2D eigenvalue weighted by Gasteiger charge is 2.09. The highest BCUT2D eigenvalue weighted by Crippen LogP contribution is 2.26. The number of ether oxygens (including phenoxy) is 1. The van der Waals surface area contributed by atoms with Crippen LogP contribution >= 0.6 is 23.2 Å². The minimum Gasteiger partial charge on any atom is -0.483 e. The molecule has 0 fully saturated rings. The lowest BCUT2D eigenvalue weighted by Gasteiger charge is -2.10. The molecule has 0 atom stereocenters. The Kier molecular flexibility index (Phi) is 5.66. The summed E-state index contributed by atoms with van der Waals surface area (Å²) >= 11 is 12.1. The Balaban J connectivity index is 1.41. The Morgan fingerprint density at radius 2 is 1.80 bits per heavy atom. The maximum Gasteiger partial charge on any atom is 0.262 e. The SMILES string of the molecule is Cc1cc2[nH]c(-c3ccc(NC(=O)COc4ccc(Cl)cc4C)cc3)nc2cc1Cl. The maximum atomic E-state index is 12.2. The molecule has 152 valence electrons. The molecule has 0 spiro atoms. The van der Waals surface area contributed by atoms with Gasteiger partial charge in [-0.2, -0.15) is 0 Å². The molecule has 7 heteroatoms. The molecule has 0 saturated carbocycles. The second-order valence-corrected chi connectivity index (χ2v) is 7.87. The molecular formula is C23H19Cl2N3O2. The molecule has 0 aliphatic rings. The van der Waals surface area contributed by atoms with Gasteiger partial charge in [-0.1, -0.05) is 23.2 Å². The number of nitrogens with zero attached hydrogens (tertiary/aromatic N) is 1. The van der Waals surface area contributed by atoms with Crippen molar-refractivity contribution in [1.82, 2.24) is 9.97 Å². The predicted molar refractivity (Wildman–Crippen MR) is 122 cm³/mol. The number of aromatic amines is 1. The molecule has 5 nitrogen and oxygen atoms in total. The minimum absolute atomic E-state index is 0.0894. The van der Waals surface area contributed by atoms with Gasteiger partial charge in [0.15, 0.2) is 6.61 Å². The van der Waals surface area contributed by atoms with E-state index in [0.29, 0.717) is 21.5 Å². The van der Waals surface area contributed by atoms with Crippen LogP contribution in [0.4, 0.5) is 5.69 Å². The van der Waals surface area contributed by atoms with Crippen molar-refractivity contribution >= 4 is 45.8 Å². The number of carbonyl (C=O) groups excluding carboxylic acids is 1. The fraction of sp³-hybridized carbons (Fsp3) is 0.130. The van der Waals surface area contributed by atoms with E-state index in [1.54, 1.807) is 18.2 Å². The van der Waals surface area contributed by atoms with Crippen LogP contribution < -0.4 is 10.1 Å². The van der Waals surface area contributed by atoms with E-state index in [2.05, 4.69) is 15.3 Å². The van der Waals surface area contributed by atoms with Crippen LogP contribution in [0.5, 0.6) is 5.75 Å². The lowest BCUT2D eigenvalue weighted by Crippen LogP contribution is -2.20. The first-order valence-corrected chi connectivity index (χ1v) is 10.1. The van der Waals surface area contributed by atoms with Gasteiger partial charge in [-0.05, 0) is 79.6 Å². The topological polar surface area (TPSA) is 67.0 Å². The fourth-order valence-electron chi connectivity index (χ4n) is 3.10. The summed E-state index contributed by atoms with van der Waals surface area (Å²) in [4.78, 5) is 20.1.